The topological polar surface area (TPSA) is 71.8 Å². The highest BCUT2D eigenvalue weighted by atomic mass is 15.3. The average molecular weight is 329 g/mol. The Morgan fingerprint density at radius 3 is 2.79 bits per heavy atom. The van der Waals surface area contributed by atoms with Crippen LogP contribution in [0.5, 0.6) is 0 Å². The van der Waals surface area contributed by atoms with Gasteiger partial charge in [-0.3, -0.25) is 4.68 Å². The summed E-state index contributed by atoms with van der Waals surface area (Å²) in [5, 5.41) is 7.89. The third kappa shape index (κ3) is 4.29. The lowest BCUT2D eigenvalue weighted by Gasteiger charge is -2.35. The molecule has 0 spiro atoms. The molecule has 3 heterocycles. The zero-order valence-electron chi connectivity index (χ0n) is 14.6. The zero-order valence-corrected chi connectivity index (χ0v) is 14.6. The highest BCUT2D eigenvalue weighted by Gasteiger charge is 2.22. The second-order valence-corrected chi connectivity index (χ2v) is 6.57. The molecular formula is C17H27N7. The van der Waals surface area contributed by atoms with Gasteiger partial charge in [0.25, 0.3) is 0 Å². The SMILES string of the molecule is CCCc1cncnc1N1CCC(N[C@H](C)Cn2cncn2)CC1. The standard InChI is InChI=1S/C17H27N7/c1-3-4-15-9-18-11-20-17(15)23-7-5-16(6-8-23)22-14(2)10-24-13-19-12-21-24/h9,11-14,16,22H,3-8,10H2,1-2H3/t14-/m1/s1. The maximum atomic E-state index is 4.53. The van der Waals surface area contributed by atoms with Gasteiger partial charge in [-0.2, -0.15) is 5.10 Å². The Kier molecular flexibility index (Phi) is 5.74. The minimum Gasteiger partial charge on any atom is -0.356 e. The van der Waals surface area contributed by atoms with E-state index in [4.69, 9.17) is 0 Å². The summed E-state index contributed by atoms with van der Waals surface area (Å²) >= 11 is 0. The molecule has 3 rings (SSSR count). The lowest BCUT2D eigenvalue weighted by atomic mass is 10.0. The van der Waals surface area contributed by atoms with E-state index in [1.165, 1.54) is 5.56 Å². The number of nitrogens with one attached hydrogen (secondary N) is 1. The van der Waals surface area contributed by atoms with E-state index < -0.39 is 0 Å². The summed E-state index contributed by atoms with van der Waals surface area (Å²) in [5.41, 5.74) is 1.27. The molecule has 0 unspecified atom stereocenters. The van der Waals surface area contributed by atoms with Crippen molar-refractivity contribution in [3.05, 3.63) is 30.7 Å². The summed E-state index contributed by atoms with van der Waals surface area (Å²) in [4.78, 5) is 15.1. The largest absolute Gasteiger partial charge is 0.356 e. The number of hydrogen-bond acceptors (Lipinski definition) is 6. The van der Waals surface area contributed by atoms with E-state index in [-0.39, 0.29) is 0 Å². The Labute approximate surface area is 143 Å². The molecule has 1 atom stereocenters. The monoisotopic (exact) mass is 329 g/mol. The maximum absolute atomic E-state index is 4.53. The van der Waals surface area contributed by atoms with Gasteiger partial charge >= 0.3 is 0 Å². The molecule has 2 aromatic rings. The normalized spacial score (nSPS) is 17.2. The molecule has 0 bridgehead atoms. The number of nitrogens with zero attached hydrogens (tertiary/aromatic N) is 6. The molecule has 0 aromatic carbocycles. The number of aromatic nitrogens is 5. The smallest absolute Gasteiger partial charge is 0.137 e. The first-order valence-corrected chi connectivity index (χ1v) is 8.88. The van der Waals surface area contributed by atoms with E-state index in [0.717, 1.165) is 51.1 Å². The number of hydrogen-bond donors (Lipinski definition) is 1. The molecule has 1 N–H and O–H groups in total. The summed E-state index contributed by atoms with van der Waals surface area (Å²) in [5.74, 6) is 1.13. The second kappa shape index (κ2) is 8.19. The summed E-state index contributed by atoms with van der Waals surface area (Å²) in [6.07, 6.45) is 11.4. The fourth-order valence-electron chi connectivity index (χ4n) is 3.40. The molecule has 1 fully saturated rings. The lowest BCUT2D eigenvalue weighted by Crippen LogP contribution is -2.47. The minimum absolute atomic E-state index is 0.387. The average Bonchev–Trinajstić information content (AvgIpc) is 3.09. The van der Waals surface area contributed by atoms with Gasteiger partial charge in [0.15, 0.2) is 0 Å². The van der Waals surface area contributed by atoms with Gasteiger partial charge in [0.1, 0.15) is 24.8 Å². The Morgan fingerprint density at radius 1 is 1.25 bits per heavy atom. The molecule has 1 saturated heterocycles. The van der Waals surface area contributed by atoms with E-state index in [1.807, 2.05) is 10.9 Å². The van der Waals surface area contributed by atoms with E-state index in [0.29, 0.717) is 12.1 Å². The Morgan fingerprint density at radius 2 is 2.08 bits per heavy atom. The van der Waals surface area contributed by atoms with Crippen molar-refractivity contribution in [1.82, 2.24) is 30.0 Å². The molecule has 2 aromatic heterocycles. The molecule has 0 amide bonds. The molecule has 7 nitrogen and oxygen atoms in total. The van der Waals surface area contributed by atoms with E-state index in [2.05, 4.69) is 44.1 Å². The van der Waals surface area contributed by atoms with Crippen LogP contribution >= 0.6 is 0 Å². The summed E-state index contributed by atoms with van der Waals surface area (Å²) in [6, 6.07) is 0.939. The predicted molar refractivity (Wildman–Crippen MR) is 93.9 cm³/mol. The molecule has 7 heteroatoms. The van der Waals surface area contributed by atoms with E-state index in [9.17, 15) is 0 Å². The number of aryl methyl sites for hydroxylation is 1. The molecule has 24 heavy (non-hydrogen) atoms. The van der Waals surface area contributed by atoms with Crippen LogP contribution in [0.25, 0.3) is 0 Å². The van der Waals surface area contributed by atoms with Crippen LogP contribution in [0.4, 0.5) is 5.82 Å². The van der Waals surface area contributed by atoms with Crippen molar-refractivity contribution >= 4 is 5.82 Å². The van der Waals surface area contributed by atoms with Crippen LogP contribution in [0.15, 0.2) is 25.2 Å². The predicted octanol–water partition coefficient (Wildman–Crippen LogP) is 1.67. The van der Waals surface area contributed by atoms with Gasteiger partial charge in [0.2, 0.25) is 0 Å². The highest BCUT2D eigenvalue weighted by molar-refractivity contribution is 5.45. The van der Waals surface area contributed by atoms with Gasteiger partial charge in [0, 0.05) is 36.9 Å². The number of piperidine rings is 1. The highest BCUT2D eigenvalue weighted by Crippen LogP contribution is 2.22. The Hall–Kier alpha value is -2.02. The number of anilines is 1. The first-order chi connectivity index (χ1) is 11.8. The van der Waals surface area contributed by atoms with E-state index >= 15 is 0 Å². The fraction of sp³-hybridized carbons (Fsp3) is 0.647. The molecule has 130 valence electrons. The van der Waals surface area contributed by atoms with Gasteiger partial charge < -0.3 is 10.2 Å². The zero-order chi connectivity index (χ0) is 16.8. The minimum atomic E-state index is 0.387. The van der Waals surface area contributed by atoms with Gasteiger partial charge in [-0.25, -0.2) is 15.0 Å². The van der Waals surface area contributed by atoms with Crippen LogP contribution in [0.2, 0.25) is 0 Å². The third-order valence-electron chi connectivity index (χ3n) is 4.53. The van der Waals surface area contributed by atoms with Crippen molar-refractivity contribution < 1.29 is 0 Å². The van der Waals surface area contributed by atoms with Crippen LogP contribution in [0.3, 0.4) is 0 Å². The van der Waals surface area contributed by atoms with Crippen LogP contribution in [0.1, 0.15) is 38.7 Å². The van der Waals surface area contributed by atoms with Gasteiger partial charge in [-0.05, 0) is 26.2 Å². The maximum Gasteiger partial charge on any atom is 0.137 e. The Balaban J connectivity index is 1.50. The molecule has 0 saturated carbocycles. The fourth-order valence-corrected chi connectivity index (χ4v) is 3.40. The van der Waals surface area contributed by atoms with Crippen molar-refractivity contribution in [3.8, 4) is 0 Å². The van der Waals surface area contributed by atoms with Gasteiger partial charge in [-0.15, -0.1) is 0 Å². The summed E-state index contributed by atoms with van der Waals surface area (Å²) in [7, 11) is 0. The Bertz CT molecular complexity index is 605. The van der Waals surface area contributed by atoms with Crippen molar-refractivity contribution in [2.24, 2.45) is 0 Å². The molecule has 1 aliphatic heterocycles. The van der Waals surface area contributed by atoms with Crippen molar-refractivity contribution in [2.45, 2.75) is 58.2 Å². The van der Waals surface area contributed by atoms with Crippen LogP contribution < -0.4 is 10.2 Å². The molecular weight excluding hydrogens is 302 g/mol. The molecule has 1 aliphatic rings. The van der Waals surface area contributed by atoms with Crippen molar-refractivity contribution in [3.63, 3.8) is 0 Å². The first-order valence-electron chi connectivity index (χ1n) is 8.88. The van der Waals surface area contributed by atoms with Crippen molar-refractivity contribution in [2.75, 3.05) is 18.0 Å². The van der Waals surface area contributed by atoms with Crippen LogP contribution in [-0.4, -0.2) is 49.9 Å². The molecule has 0 radical (unpaired) electrons. The van der Waals surface area contributed by atoms with Gasteiger partial charge in [0.05, 0.1) is 6.54 Å². The van der Waals surface area contributed by atoms with E-state index in [1.54, 1.807) is 19.0 Å². The van der Waals surface area contributed by atoms with Crippen LogP contribution in [-0.2, 0) is 13.0 Å². The summed E-state index contributed by atoms with van der Waals surface area (Å²) < 4.78 is 1.88. The van der Waals surface area contributed by atoms with Crippen molar-refractivity contribution in [1.29, 1.82) is 0 Å². The first kappa shape index (κ1) is 16.8. The molecule has 0 aliphatic carbocycles. The van der Waals surface area contributed by atoms with Gasteiger partial charge in [-0.1, -0.05) is 13.3 Å². The second-order valence-electron chi connectivity index (χ2n) is 6.57. The lowest BCUT2D eigenvalue weighted by molar-refractivity contribution is 0.347. The van der Waals surface area contributed by atoms with Crippen LogP contribution in [0, 0.1) is 0 Å². The quantitative estimate of drug-likeness (QED) is 0.833. The summed E-state index contributed by atoms with van der Waals surface area (Å²) in [6.45, 7) is 7.34. The third-order valence-corrected chi connectivity index (χ3v) is 4.53. The number of rotatable bonds is 7.